The van der Waals surface area contributed by atoms with E-state index in [1.165, 1.54) is 11.1 Å². The second-order valence-electron chi connectivity index (χ2n) is 3.16. The van der Waals surface area contributed by atoms with Crippen LogP contribution in [0, 0.1) is 6.33 Å². The van der Waals surface area contributed by atoms with E-state index in [0.29, 0.717) is 0 Å². The Hall–Kier alpha value is -1.70. The van der Waals surface area contributed by atoms with Crippen molar-refractivity contribution in [2.75, 3.05) is 0 Å². The Morgan fingerprint density at radius 2 is 2.08 bits per heavy atom. The fourth-order valence-corrected chi connectivity index (χ4v) is 1.79. The molecule has 2 heteroatoms. The van der Waals surface area contributed by atoms with Crippen molar-refractivity contribution in [2.45, 2.75) is 6.42 Å². The summed E-state index contributed by atoms with van der Waals surface area (Å²) in [4.78, 5) is 8.06. The summed E-state index contributed by atoms with van der Waals surface area (Å²) in [5, 5.41) is 0. The highest BCUT2D eigenvalue weighted by atomic mass is 14.8. The molecule has 0 unspecified atom stereocenters. The quantitative estimate of drug-likeness (QED) is 0.510. The van der Waals surface area contributed by atoms with E-state index in [1.807, 2.05) is 12.3 Å². The zero-order chi connectivity index (χ0) is 8.67. The fraction of sp³-hybridized carbons (Fsp3) is 0.0909. The maximum atomic E-state index is 4.14. The van der Waals surface area contributed by atoms with E-state index in [4.69, 9.17) is 0 Å². The molecule has 0 saturated carbocycles. The molecular formula is C11H7N2. The predicted octanol–water partition coefficient (Wildman–Crippen LogP) is 1.85. The molecule has 1 heterocycles. The van der Waals surface area contributed by atoms with Gasteiger partial charge in [0.15, 0.2) is 6.33 Å². The second kappa shape index (κ2) is 2.39. The minimum Gasteiger partial charge on any atom is -0.233 e. The number of aromatic nitrogens is 2. The van der Waals surface area contributed by atoms with Crippen molar-refractivity contribution in [1.29, 1.82) is 0 Å². The van der Waals surface area contributed by atoms with Crippen molar-refractivity contribution < 1.29 is 0 Å². The topological polar surface area (TPSA) is 25.8 Å². The highest BCUT2D eigenvalue weighted by molar-refractivity contribution is 5.74. The van der Waals surface area contributed by atoms with Gasteiger partial charge in [-0.2, -0.15) is 0 Å². The van der Waals surface area contributed by atoms with Crippen LogP contribution in [0.25, 0.3) is 11.1 Å². The van der Waals surface area contributed by atoms with Gasteiger partial charge in [-0.05, 0) is 11.1 Å². The molecule has 0 amide bonds. The molecule has 0 aliphatic heterocycles. The molecule has 1 aromatic heterocycles. The highest BCUT2D eigenvalue weighted by Crippen LogP contribution is 2.33. The lowest BCUT2D eigenvalue weighted by Crippen LogP contribution is -1.86. The smallest absolute Gasteiger partial charge is 0.197 e. The zero-order valence-corrected chi connectivity index (χ0v) is 6.99. The molecule has 3 rings (SSSR count). The van der Waals surface area contributed by atoms with Crippen LogP contribution in [-0.4, -0.2) is 9.97 Å². The van der Waals surface area contributed by atoms with E-state index < -0.39 is 0 Å². The summed E-state index contributed by atoms with van der Waals surface area (Å²) in [7, 11) is 0. The van der Waals surface area contributed by atoms with E-state index in [2.05, 4.69) is 34.5 Å². The third-order valence-corrected chi connectivity index (χ3v) is 2.41. The molecule has 1 radical (unpaired) electrons. The van der Waals surface area contributed by atoms with Crippen LogP contribution in [0.4, 0.5) is 0 Å². The summed E-state index contributed by atoms with van der Waals surface area (Å²) in [5.41, 5.74) is 4.86. The maximum Gasteiger partial charge on any atom is 0.197 e. The fourth-order valence-electron chi connectivity index (χ4n) is 1.79. The van der Waals surface area contributed by atoms with Gasteiger partial charge in [0.2, 0.25) is 0 Å². The molecule has 1 aromatic carbocycles. The van der Waals surface area contributed by atoms with Crippen LogP contribution in [0.15, 0.2) is 30.5 Å². The van der Waals surface area contributed by atoms with E-state index in [-0.39, 0.29) is 0 Å². The maximum absolute atomic E-state index is 4.14. The first-order valence-electron chi connectivity index (χ1n) is 4.25. The minimum atomic E-state index is 0.921. The van der Waals surface area contributed by atoms with E-state index in [0.717, 1.165) is 17.7 Å². The number of hydrogen-bond acceptors (Lipinski definition) is 2. The Morgan fingerprint density at radius 3 is 3.08 bits per heavy atom. The lowest BCUT2D eigenvalue weighted by molar-refractivity contribution is 1.05. The minimum absolute atomic E-state index is 0.921. The van der Waals surface area contributed by atoms with Crippen molar-refractivity contribution in [3.8, 4) is 11.1 Å². The van der Waals surface area contributed by atoms with Crippen LogP contribution in [-0.2, 0) is 6.42 Å². The van der Waals surface area contributed by atoms with Gasteiger partial charge in [-0.3, -0.25) is 0 Å². The molecule has 0 N–H and O–H groups in total. The van der Waals surface area contributed by atoms with Gasteiger partial charge in [-0.25, -0.2) is 9.97 Å². The third kappa shape index (κ3) is 0.886. The van der Waals surface area contributed by atoms with Gasteiger partial charge in [0.1, 0.15) is 0 Å². The third-order valence-electron chi connectivity index (χ3n) is 2.41. The lowest BCUT2D eigenvalue weighted by Gasteiger charge is -1.96. The van der Waals surface area contributed by atoms with Crippen LogP contribution in [0.2, 0.25) is 0 Å². The lowest BCUT2D eigenvalue weighted by atomic mass is 10.1. The Kier molecular flexibility index (Phi) is 1.25. The summed E-state index contributed by atoms with van der Waals surface area (Å²) < 4.78 is 0. The monoisotopic (exact) mass is 167 g/mol. The molecule has 0 atom stereocenters. The number of hydrogen-bond donors (Lipinski definition) is 0. The first kappa shape index (κ1) is 6.78. The summed E-state index contributed by atoms with van der Waals surface area (Å²) in [6, 6.07) is 8.36. The molecule has 1 aliphatic carbocycles. The molecular weight excluding hydrogens is 160 g/mol. The van der Waals surface area contributed by atoms with Gasteiger partial charge < -0.3 is 0 Å². The van der Waals surface area contributed by atoms with Crippen molar-refractivity contribution in [3.63, 3.8) is 0 Å². The Labute approximate surface area is 76.3 Å². The van der Waals surface area contributed by atoms with Crippen molar-refractivity contribution >= 4 is 0 Å². The van der Waals surface area contributed by atoms with Crippen LogP contribution in [0.5, 0.6) is 0 Å². The zero-order valence-electron chi connectivity index (χ0n) is 6.99. The first-order valence-corrected chi connectivity index (χ1v) is 4.25. The molecule has 0 spiro atoms. The number of nitrogens with zero attached hydrogens (tertiary/aromatic N) is 2. The van der Waals surface area contributed by atoms with Gasteiger partial charge >= 0.3 is 0 Å². The van der Waals surface area contributed by atoms with Crippen LogP contribution in [0.3, 0.4) is 0 Å². The average Bonchev–Trinajstić information content (AvgIpc) is 2.56. The van der Waals surface area contributed by atoms with E-state index in [9.17, 15) is 0 Å². The highest BCUT2D eigenvalue weighted by Gasteiger charge is 2.18. The predicted molar refractivity (Wildman–Crippen MR) is 49.1 cm³/mol. The number of fused-ring (bicyclic) bond motifs is 3. The van der Waals surface area contributed by atoms with E-state index in [1.54, 1.807) is 0 Å². The van der Waals surface area contributed by atoms with Crippen molar-refractivity contribution in [2.24, 2.45) is 0 Å². The van der Waals surface area contributed by atoms with Gasteiger partial charge in [-0.15, -0.1) is 0 Å². The Morgan fingerprint density at radius 1 is 1.15 bits per heavy atom. The molecule has 2 nitrogen and oxygen atoms in total. The standard InChI is InChI=1S/C11H7N2/c1-2-4-9-8(3-1)5-11-10(9)6-12-7-13-11/h1-4,6H,5H2. The molecule has 1 aliphatic rings. The van der Waals surface area contributed by atoms with Gasteiger partial charge in [-0.1, -0.05) is 24.3 Å². The molecule has 61 valence electrons. The normalized spacial score (nSPS) is 12.3. The van der Waals surface area contributed by atoms with Crippen LogP contribution < -0.4 is 0 Å². The number of rotatable bonds is 0. The largest absolute Gasteiger partial charge is 0.233 e. The summed E-state index contributed by atoms with van der Waals surface area (Å²) in [6.07, 6.45) is 5.39. The SMILES string of the molecule is [c]1ncc2c(n1)Cc1ccccc1-2. The Bertz CT molecular complexity index is 420. The average molecular weight is 167 g/mol. The Balaban J connectivity index is 2.32. The van der Waals surface area contributed by atoms with Crippen LogP contribution in [0.1, 0.15) is 11.3 Å². The molecule has 2 aromatic rings. The summed E-state index contributed by atoms with van der Waals surface area (Å²) >= 11 is 0. The van der Waals surface area contributed by atoms with Gasteiger partial charge in [0.05, 0.1) is 5.69 Å². The molecule has 0 saturated heterocycles. The van der Waals surface area contributed by atoms with Crippen LogP contribution >= 0.6 is 0 Å². The number of benzene rings is 1. The van der Waals surface area contributed by atoms with Gasteiger partial charge in [0.25, 0.3) is 0 Å². The summed E-state index contributed by atoms with van der Waals surface area (Å²) in [6.45, 7) is 0. The molecule has 0 bridgehead atoms. The molecule has 0 fully saturated rings. The second-order valence-corrected chi connectivity index (χ2v) is 3.16. The van der Waals surface area contributed by atoms with Gasteiger partial charge in [0, 0.05) is 18.2 Å². The van der Waals surface area contributed by atoms with E-state index >= 15 is 0 Å². The first-order chi connectivity index (χ1) is 6.45. The van der Waals surface area contributed by atoms with Crippen molar-refractivity contribution in [1.82, 2.24) is 9.97 Å². The molecule has 13 heavy (non-hydrogen) atoms. The summed E-state index contributed by atoms with van der Waals surface area (Å²) in [5.74, 6) is 0. The van der Waals surface area contributed by atoms with Crippen molar-refractivity contribution in [3.05, 3.63) is 48.0 Å².